The van der Waals surface area contributed by atoms with Crippen LogP contribution >= 0.6 is 0 Å². The molecule has 1 rings (SSSR count). The SMILES string of the molecule is CCC(=O)Nc1ccc(C(=O)[O-])cc1[N+](=O)[O-]. The molecule has 0 aliphatic heterocycles. The molecule has 0 aromatic heterocycles. The maximum atomic E-state index is 11.1. The number of amides is 1. The van der Waals surface area contributed by atoms with Gasteiger partial charge in [0.1, 0.15) is 5.69 Å². The molecule has 7 heteroatoms. The molecule has 0 aliphatic rings. The second-order valence-electron chi connectivity index (χ2n) is 3.18. The van der Waals surface area contributed by atoms with Crippen LogP contribution < -0.4 is 10.4 Å². The lowest BCUT2D eigenvalue weighted by atomic mass is 10.1. The monoisotopic (exact) mass is 237 g/mol. The van der Waals surface area contributed by atoms with Crippen LogP contribution in [0.4, 0.5) is 11.4 Å². The Hall–Kier alpha value is -2.44. The number of carbonyl (C=O) groups excluding carboxylic acids is 2. The number of carboxylic acids is 1. The Morgan fingerprint density at radius 1 is 1.41 bits per heavy atom. The molecule has 1 aromatic rings. The van der Waals surface area contributed by atoms with Crippen LogP contribution in [0, 0.1) is 10.1 Å². The number of carboxylic acid groups (broad SMARTS) is 1. The first-order valence-electron chi connectivity index (χ1n) is 4.75. The number of anilines is 1. The van der Waals surface area contributed by atoms with Gasteiger partial charge < -0.3 is 15.2 Å². The van der Waals surface area contributed by atoms with Crippen LogP contribution in [0.5, 0.6) is 0 Å². The third-order valence-electron chi connectivity index (χ3n) is 2.03. The average molecular weight is 237 g/mol. The van der Waals surface area contributed by atoms with E-state index in [0.717, 1.165) is 18.2 Å². The predicted molar refractivity (Wildman–Crippen MR) is 56.3 cm³/mol. The van der Waals surface area contributed by atoms with Crippen molar-refractivity contribution >= 4 is 23.3 Å². The second-order valence-corrected chi connectivity index (χ2v) is 3.18. The van der Waals surface area contributed by atoms with Crippen molar-refractivity contribution in [2.75, 3.05) is 5.32 Å². The number of hydrogen-bond acceptors (Lipinski definition) is 5. The van der Waals surface area contributed by atoms with Gasteiger partial charge in [0.2, 0.25) is 5.91 Å². The van der Waals surface area contributed by atoms with Gasteiger partial charge in [-0.3, -0.25) is 14.9 Å². The molecule has 0 unspecified atom stereocenters. The van der Waals surface area contributed by atoms with E-state index in [1.807, 2.05) is 0 Å². The summed E-state index contributed by atoms with van der Waals surface area (Å²) in [5.41, 5.74) is -0.827. The van der Waals surface area contributed by atoms with E-state index >= 15 is 0 Å². The third kappa shape index (κ3) is 3.00. The zero-order chi connectivity index (χ0) is 13.0. The highest BCUT2D eigenvalue weighted by molar-refractivity contribution is 5.94. The Labute approximate surface area is 96.2 Å². The summed E-state index contributed by atoms with van der Waals surface area (Å²) in [7, 11) is 0. The number of nitrogens with zero attached hydrogens (tertiary/aromatic N) is 1. The van der Waals surface area contributed by atoms with E-state index in [2.05, 4.69) is 5.32 Å². The normalized spacial score (nSPS) is 9.71. The lowest BCUT2D eigenvalue weighted by Crippen LogP contribution is -2.22. The summed E-state index contributed by atoms with van der Waals surface area (Å²) in [6.07, 6.45) is 0.166. The van der Waals surface area contributed by atoms with Crippen molar-refractivity contribution in [2.24, 2.45) is 0 Å². The van der Waals surface area contributed by atoms with Gasteiger partial charge in [0.05, 0.1) is 10.9 Å². The molecule has 0 radical (unpaired) electrons. The van der Waals surface area contributed by atoms with Crippen molar-refractivity contribution in [3.8, 4) is 0 Å². The lowest BCUT2D eigenvalue weighted by molar-refractivity contribution is -0.384. The second kappa shape index (κ2) is 5.06. The van der Waals surface area contributed by atoms with E-state index in [9.17, 15) is 24.8 Å². The summed E-state index contributed by atoms with van der Waals surface area (Å²) >= 11 is 0. The first-order valence-corrected chi connectivity index (χ1v) is 4.75. The van der Waals surface area contributed by atoms with Crippen LogP contribution in [0.3, 0.4) is 0 Å². The minimum atomic E-state index is -1.51. The summed E-state index contributed by atoms with van der Waals surface area (Å²) in [4.78, 5) is 31.6. The summed E-state index contributed by atoms with van der Waals surface area (Å²) in [6, 6.07) is 3.14. The predicted octanol–water partition coefficient (Wildman–Crippen LogP) is 0.307. The van der Waals surface area contributed by atoms with Crippen molar-refractivity contribution in [3.05, 3.63) is 33.9 Å². The average Bonchev–Trinajstić information content (AvgIpc) is 2.28. The van der Waals surface area contributed by atoms with Crippen LogP contribution in [0.1, 0.15) is 23.7 Å². The van der Waals surface area contributed by atoms with Crippen LogP contribution in [-0.2, 0) is 4.79 Å². The molecule has 7 nitrogen and oxygen atoms in total. The van der Waals surface area contributed by atoms with Gasteiger partial charge in [-0.15, -0.1) is 0 Å². The molecule has 1 N–H and O–H groups in total. The molecular weight excluding hydrogens is 228 g/mol. The van der Waals surface area contributed by atoms with Gasteiger partial charge in [-0.2, -0.15) is 0 Å². The molecule has 0 heterocycles. The largest absolute Gasteiger partial charge is 0.545 e. The Morgan fingerprint density at radius 2 is 2.06 bits per heavy atom. The molecule has 1 aromatic carbocycles. The zero-order valence-electron chi connectivity index (χ0n) is 8.93. The van der Waals surface area contributed by atoms with Crippen molar-refractivity contribution in [1.29, 1.82) is 0 Å². The maximum absolute atomic E-state index is 11.1. The van der Waals surface area contributed by atoms with Crippen LogP contribution in [0.15, 0.2) is 18.2 Å². The Morgan fingerprint density at radius 3 is 2.53 bits per heavy atom. The maximum Gasteiger partial charge on any atom is 0.293 e. The standard InChI is InChI=1S/C10H10N2O5/c1-2-9(13)11-7-4-3-6(10(14)15)5-8(7)12(16)17/h3-5H,2H2,1H3,(H,11,13)(H,14,15)/p-1. The number of carbonyl (C=O) groups is 2. The minimum absolute atomic E-state index is 0.0353. The van der Waals surface area contributed by atoms with Crippen molar-refractivity contribution in [2.45, 2.75) is 13.3 Å². The fourth-order valence-corrected chi connectivity index (χ4v) is 1.15. The molecule has 0 bridgehead atoms. The Kier molecular flexibility index (Phi) is 3.76. The highest BCUT2D eigenvalue weighted by Crippen LogP contribution is 2.25. The molecule has 17 heavy (non-hydrogen) atoms. The molecule has 0 fully saturated rings. The van der Waals surface area contributed by atoms with Crippen LogP contribution in [0.2, 0.25) is 0 Å². The smallest absolute Gasteiger partial charge is 0.293 e. The summed E-state index contributed by atoms with van der Waals surface area (Å²) in [6.45, 7) is 1.59. The summed E-state index contributed by atoms with van der Waals surface area (Å²) in [5, 5.41) is 23.6. The topological polar surface area (TPSA) is 112 Å². The molecule has 90 valence electrons. The van der Waals surface area contributed by atoms with Gasteiger partial charge in [0.25, 0.3) is 5.69 Å². The first-order chi connectivity index (χ1) is 7.95. The number of aromatic carboxylic acids is 1. The van der Waals surface area contributed by atoms with Gasteiger partial charge in [0, 0.05) is 18.1 Å². The van der Waals surface area contributed by atoms with Crippen molar-refractivity contribution in [1.82, 2.24) is 0 Å². The zero-order valence-corrected chi connectivity index (χ0v) is 8.93. The van der Waals surface area contributed by atoms with Crippen molar-refractivity contribution < 1.29 is 19.6 Å². The number of benzene rings is 1. The molecule has 0 spiro atoms. The van der Waals surface area contributed by atoms with E-state index in [4.69, 9.17) is 0 Å². The van der Waals surface area contributed by atoms with Gasteiger partial charge in [-0.1, -0.05) is 13.0 Å². The van der Waals surface area contributed by atoms with Crippen LogP contribution in [-0.4, -0.2) is 16.8 Å². The fraction of sp³-hybridized carbons (Fsp3) is 0.200. The van der Waals surface area contributed by atoms with E-state index in [1.165, 1.54) is 0 Å². The quantitative estimate of drug-likeness (QED) is 0.598. The Balaban J connectivity index is 3.17. The fourth-order valence-electron chi connectivity index (χ4n) is 1.15. The number of nitro benzene ring substituents is 1. The number of nitrogens with one attached hydrogen (secondary N) is 1. The van der Waals surface area contributed by atoms with E-state index < -0.39 is 22.5 Å². The molecular formula is C10H9N2O5-. The first kappa shape index (κ1) is 12.6. The molecule has 0 saturated heterocycles. The summed E-state index contributed by atoms with van der Waals surface area (Å²) < 4.78 is 0. The van der Waals surface area contributed by atoms with Crippen molar-refractivity contribution in [3.63, 3.8) is 0 Å². The van der Waals surface area contributed by atoms with Gasteiger partial charge in [-0.25, -0.2) is 0 Å². The van der Waals surface area contributed by atoms with E-state index in [1.54, 1.807) is 6.92 Å². The van der Waals surface area contributed by atoms with Crippen LogP contribution in [0.25, 0.3) is 0 Å². The van der Waals surface area contributed by atoms with E-state index in [-0.39, 0.29) is 17.7 Å². The molecule has 0 saturated carbocycles. The highest BCUT2D eigenvalue weighted by Gasteiger charge is 2.16. The summed E-state index contributed by atoms with van der Waals surface area (Å²) in [5.74, 6) is -1.91. The van der Waals surface area contributed by atoms with E-state index in [0.29, 0.717) is 0 Å². The molecule has 1 amide bonds. The number of nitro groups is 1. The van der Waals surface area contributed by atoms with Gasteiger partial charge >= 0.3 is 0 Å². The molecule has 0 aliphatic carbocycles. The highest BCUT2D eigenvalue weighted by atomic mass is 16.6. The third-order valence-corrected chi connectivity index (χ3v) is 2.03. The Bertz CT molecular complexity index is 484. The number of rotatable bonds is 4. The molecule has 0 atom stereocenters. The minimum Gasteiger partial charge on any atom is -0.545 e. The number of hydrogen-bond donors (Lipinski definition) is 1. The lowest BCUT2D eigenvalue weighted by Gasteiger charge is -2.07. The van der Waals surface area contributed by atoms with Gasteiger partial charge in [0.15, 0.2) is 0 Å². The van der Waals surface area contributed by atoms with Gasteiger partial charge in [-0.05, 0) is 6.07 Å².